The van der Waals surface area contributed by atoms with Crippen LogP contribution in [0.25, 0.3) is 0 Å². The van der Waals surface area contributed by atoms with E-state index in [0.29, 0.717) is 12.5 Å². The molecule has 0 unspecified atom stereocenters. The minimum absolute atomic E-state index is 0.122. The molecule has 120 valence electrons. The van der Waals surface area contributed by atoms with Crippen LogP contribution < -0.4 is 0 Å². The molecule has 0 bridgehead atoms. The Kier molecular flexibility index (Phi) is 9.77. The third-order valence-corrected chi connectivity index (χ3v) is 3.06. The summed E-state index contributed by atoms with van der Waals surface area (Å²) in [6.07, 6.45) is 8.33. The van der Waals surface area contributed by atoms with Gasteiger partial charge in [-0.15, -0.1) is 0 Å². The molecule has 0 fully saturated rings. The lowest BCUT2D eigenvalue weighted by molar-refractivity contribution is -0.126. The Morgan fingerprint density at radius 2 is 1.62 bits per heavy atom. The number of nitrogens with zero attached hydrogens (tertiary/aromatic N) is 1. The molecule has 0 radical (unpaired) electrons. The van der Waals surface area contributed by atoms with Gasteiger partial charge in [-0.1, -0.05) is 42.7 Å². The molecule has 0 N–H and O–H groups in total. The molecule has 0 aromatic rings. The number of amides is 1. The number of hydrogen-bond donors (Lipinski definition) is 0. The van der Waals surface area contributed by atoms with Crippen molar-refractivity contribution < 1.29 is 4.79 Å². The highest BCUT2D eigenvalue weighted by molar-refractivity contribution is 5.88. The predicted octanol–water partition coefficient (Wildman–Crippen LogP) is 5.13. The summed E-state index contributed by atoms with van der Waals surface area (Å²) in [5.74, 6) is 0.607. The quantitative estimate of drug-likeness (QED) is 0.448. The second-order valence-electron chi connectivity index (χ2n) is 6.73. The van der Waals surface area contributed by atoms with Crippen LogP contribution in [0.4, 0.5) is 0 Å². The van der Waals surface area contributed by atoms with Crippen molar-refractivity contribution in [1.29, 1.82) is 0 Å². The smallest absolute Gasteiger partial charge is 0.246 e. The Balaban J connectivity index is 4.63. The average Bonchev–Trinajstić information content (AvgIpc) is 2.32. The normalized spacial score (nSPS) is 11.3. The first kappa shape index (κ1) is 19.7. The molecule has 0 saturated carbocycles. The maximum Gasteiger partial charge on any atom is 0.246 e. The van der Waals surface area contributed by atoms with Crippen LogP contribution in [0.1, 0.15) is 61.3 Å². The van der Waals surface area contributed by atoms with Gasteiger partial charge in [0.1, 0.15) is 0 Å². The van der Waals surface area contributed by atoms with E-state index < -0.39 is 0 Å². The maximum atomic E-state index is 12.2. The van der Waals surface area contributed by atoms with Crippen molar-refractivity contribution >= 4 is 5.91 Å². The Morgan fingerprint density at radius 3 is 2.10 bits per heavy atom. The third-order valence-electron chi connectivity index (χ3n) is 3.06. The van der Waals surface area contributed by atoms with Crippen LogP contribution in [0, 0.1) is 5.92 Å². The van der Waals surface area contributed by atoms with E-state index in [0.717, 1.165) is 25.0 Å². The fourth-order valence-corrected chi connectivity index (χ4v) is 1.99. The molecule has 0 aliphatic carbocycles. The maximum absolute atomic E-state index is 12.2. The van der Waals surface area contributed by atoms with Crippen LogP contribution in [0.2, 0.25) is 0 Å². The summed E-state index contributed by atoms with van der Waals surface area (Å²) < 4.78 is 0. The molecule has 0 aliphatic rings. The summed E-state index contributed by atoms with van der Waals surface area (Å²) in [6.45, 7) is 16.1. The monoisotopic (exact) mass is 291 g/mol. The highest BCUT2D eigenvalue weighted by Gasteiger charge is 2.11. The Morgan fingerprint density at radius 1 is 1.00 bits per heavy atom. The number of carbonyl (C=O) groups excluding carboxylic acids is 1. The van der Waals surface area contributed by atoms with Crippen LogP contribution in [0.15, 0.2) is 34.9 Å². The van der Waals surface area contributed by atoms with Gasteiger partial charge < -0.3 is 4.90 Å². The van der Waals surface area contributed by atoms with Crippen molar-refractivity contribution in [2.24, 2.45) is 5.92 Å². The fraction of sp³-hybridized carbons (Fsp3) is 0.632. The molecule has 0 spiro atoms. The summed E-state index contributed by atoms with van der Waals surface area (Å²) in [4.78, 5) is 14.1. The van der Waals surface area contributed by atoms with Crippen LogP contribution in [0.3, 0.4) is 0 Å². The second kappa shape index (κ2) is 10.4. The number of hydrogen-bond acceptors (Lipinski definition) is 1. The lowest BCUT2D eigenvalue weighted by Crippen LogP contribution is -2.33. The first-order valence-electron chi connectivity index (χ1n) is 7.95. The zero-order valence-electron chi connectivity index (χ0n) is 15.0. The highest BCUT2D eigenvalue weighted by Crippen LogP contribution is 2.08. The average molecular weight is 291 g/mol. The summed E-state index contributed by atoms with van der Waals surface area (Å²) in [5, 5.41) is 0. The fourth-order valence-electron chi connectivity index (χ4n) is 1.99. The minimum Gasteiger partial charge on any atom is -0.335 e. The lowest BCUT2D eigenvalue weighted by Gasteiger charge is -2.22. The molecule has 0 aliphatic heterocycles. The standard InChI is InChI=1S/C19H33NO/c1-15(2)9-8-10-18(7)11-12-20(14-17(5)6)19(21)13-16(3)4/h9,11,13,17H,8,10,12,14H2,1-7H3/b18-11+. The predicted molar refractivity (Wildman–Crippen MR) is 93.3 cm³/mol. The molecule has 0 aromatic carbocycles. The molecular formula is C19H33NO. The van der Waals surface area contributed by atoms with Crippen molar-refractivity contribution in [2.45, 2.75) is 61.3 Å². The minimum atomic E-state index is 0.122. The van der Waals surface area contributed by atoms with Gasteiger partial charge in [0.05, 0.1) is 0 Å². The largest absolute Gasteiger partial charge is 0.335 e. The van der Waals surface area contributed by atoms with Crippen molar-refractivity contribution in [1.82, 2.24) is 4.90 Å². The Hall–Kier alpha value is -1.31. The SMILES string of the molecule is CC(C)=CCC/C(C)=C/CN(CC(C)C)C(=O)C=C(C)C. The van der Waals surface area contributed by atoms with Crippen molar-refractivity contribution in [2.75, 3.05) is 13.1 Å². The van der Waals surface area contributed by atoms with Gasteiger partial charge in [0.2, 0.25) is 5.91 Å². The Labute approximate surface area is 131 Å². The summed E-state index contributed by atoms with van der Waals surface area (Å²) in [5.41, 5.74) is 3.77. The van der Waals surface area contributed by atoms with Gasteiger partial charge in [0.15, 0.2) is 0 Å². The van der Waals surface area contributed by atoms with E-state index in [1.54, 1.807) is 6.08 Å². The van der Waals surface area contributed by atoms with E-state index in [1.807, 2.05) is 18.7 Å². The highest BCUT2D eigenvalue weighted by atomic mass is 16.2. The molecule has 0 atom stereocenters. The van der Waals surface area contributed by atoms with Crippen LogP contribution in [-0.4, -0.2) is 23.9 Å². The zero-order chi connectivity index (χ0) is 16.4. The van der Waals surface area contributed by atoms with E-state index in [1.165, 1.54) is 11.1 Å². The van der Waals surface area contributed by atoms with Crippen molar-refractivity contribution in [3.63, 3.8) is 0 Å². The summed E-state index contributed by atoms with van der Waals surface area (Å²) in [7, 11) is 0. The van der Waals surface area contributed by atoms with Gasteiger partial charge in [0, 0.05) is 19.2 Å². The Bertz CT molecular complexity index is 405. The molecule has 1 amide bonds. The number of allylic oxidation sites excluding steroid dienone is 4. The van der Waals surface area contributed by atoms with Gasteiger partial charge >= 0.3 is 0 Å². The number of carbonyl (C=O) groups is 1. The molecule has 21 heavy (non-hydrogen) atoms. The van der Waals surface area contributed by atoms with Crippen molar-refractivity contribution in [3.05, 3.63) is 34.9 Å². The van der Waals surface area contributed by atoms with Gasteiger partial charge in [-0.3, -0.25) is 4.79 Å². The van der Waals surface area contributed by atoms with E-state index >= 15 is 0 Å². The van der Waals surface area contributed by atoms with Gasteiger partial charge in [-0.25, -0.2) is 0 Å². The molecule has 0 rings (SSSR count). The zero-order valence-corrected chi connectivity index (χ0v) is 15.0. The van der Waals surface area contributed by atoms with E-state index in [9.17, 15) is 4.79 Å². The second-order valence-corrected chi connectivity index (χ2v) is 6.73. The summed E-state index contributed by atoms with van der Waals surface area (Å²) in [6, 6.07) is 0. The van der Waals surface area contributed by atoms with Crippen molar-refractivity contribution in [3.8, 4) is 0 Å². The van der Waals surface area contributed by atoms with E-state index in [-0.39, 0.29) is 5.91 Å². The molecule has 0 aromatic heterocycles. The van der Waals surface area contributed by atoms with Gasteiger partial charge in [-0.2, -0.15) is 0 Å². The molecular weight excluding hydrogens is 258 g/mol. The topological polar surface area (TPSA) is 20.3 Å². The van der Waals surface area contributed by atoms with Crippen LogP contribution >= 0.6 is 0 Å². The third kappa shape index (κ3) is 11.1. The van der Waals surface area contributed by atoms with Gasteiger partial charge in [0.25, 0.3) is 0 Å². The molecule has 2 nitrogen and oxygen atoms in total. The number of rotatable bonds is 8. The lowest BCUT2D eigenvalue weighted by atomic mass is 10.1. The molecule has 0 saturated heterocycles. The molecule has 2 heteroatoms. The first-order valence-corrected chi connectivity index (χ1v) is 7.95. The molecule has 0 heterocycles. The van der Waals surface area contributed by atoms with E-state index in [2.05, 4.69) is 46.8 Å². The van der Waals surface area contributed by atoms with Crippen LogP contribution in [-0.2, 0) is 4.79 Å². The summed E-state index contributed by atoms with van der Waals surface area (Å²) >= 11 is 0. The van der Waals surface area contributed by atoms with E-state index in [4.69, 9.17) is 0 Å². The first-order chi connectivity index (χ1) is 9.72. The van der Waals surface area contributed by atoms with Gasteiger partial charge in [-0.05, 0) is 53.4 Å². The van der Waals surface area contributed by atoms with Crippen LogP contribution in [0.5, 0.6) is 0 Å².